The normalized spacial score (nSPS) is 24.1. The number of amides is 1. The van der Waals surface area contributed by atoms with Crippen LogP contribution in [0.1, 0.15) is 17.4 Å². The Kier molecular flexibility index (Phi) is 1.77. The summed E-state index contributed by atoms with van der Waals surface area (Å²) in [7, 11) is 0. The molecular formula is C7H8FN5O2. The van der Waals surface area contributed by atoms with E-state index in [-0.39, 0.29) is 11.5 Å². The summed E-state index contributed by atoms with van der Waals surface area (Å²) >= 11 is 0. The van der Waals surface area contributed by atoms with Crippen LogP contribution in [-0.4, -0.2) is 27.4 Å². The average molecular weight is 213 g/mol. The maximum atomic E-state index is 12.7. The Morgan fingerprint density at radius 1 is 1.53 bits per heavy atom. The molecule has 2 heterocycles. The molecule has 15 heavy (non-hydrogen) atoms. The molecule has 1 aliphatic heterocycles. The van der Waals surface area contributed by atoms with Gasteiger partial charge in [-0.2, -0.15) is 9.37 Å². The Balaban J connectivity index is 2.46. The predicted molar refractivity (Wildman–Crippen MR) is 47.2 cm³/mol. The van der Waals surface area contributed by atoms with Crippen molar-refractivity contribution in [2.45, 2.75) is 12.7 Å². The number of halogens is 1. The molecule has 7 nitrogen and oxygen atoms in total. The molecule has 0 bridgehead atoms. The number of nitrogens with zero attached hydrogens (tertiary/aromatic N) is 1. The second-order valence-corrected chi connectivity index (χ2v) is 3.19. The second-order valence-electron chi connectivity index (χ2n) is 3.19. The predicted octanol–water partition coefficient (Wildman–Crippen LogP) is -1.09. The monoisotopic (exact) mass is 213 g/mol. The molecule has 1 aliphatic rings. The molecule has 80 valence electrons. The molecule has 1 amide bonds. The highest BCUT2D eigenvalue weighted by Gasteiger charge is 2.40. The fraction of sp³-hybridized carbons (Fsp3) is 0.286. The summed E-state index contributed by atoms with van der Waals surface area (Å²) < 4.78 is 12.7. The lowest BCUT2D eigenvalue weighted by Gasteiger charge is -2.32. The molecule has 0 spiro atoms. The zero-order chi connectivity index (χ0) is 11.2. The molecule has 0 saturated carbocycles. The third-order valence-corrected chi connectivity index (χ3v) is 2.08. The van der Waals surface area contributed by atoms with E-state index in [9.17, 15) is 14.0 Å². The number of hydrogen-bond donors (Lipinski definition) is 4. The molecule has 2 rings (SSSR count). The standard InChI is InChI=1S/C7H8FN5O2/c1-2(14)7(9)12-4-3(5(15)13-7)10-6(8)11-4/h12H,9H2,1H3,(H,10,11)(H,13,15). The molecule has 0 saturated heterocycles. The number of nitrogens with two attached hydrogens (primary N) is 1. The largest absolute Gasteiger partial charge is 0.327 e. The van der Waals surface area contributed by atoms with E-state index < -0.39 is 23.6 Å². The Bertz CT molecular complexity index is 456. The quantitative estimate of drug-likeness (QED) is 0.473. The maximum absolute atomic E-state index is 12.7. The van der Waals surface area contributed by atoms with Gasteiger partial charge in [0.2, 0.25) is 5.79 Å². The number of aromatic nitrogens is 2. The molecule has 0 aliphatic carbocycles. The Morgan fingerprint density at radius 3 is 2.80 bits per heavy atom. The van der Waals surface area contributed by atoms with Crippen LogP contribution >= 0.6 is 0 Å². The van der Waals surface area contributed by atoms with Crippen LogP contribution < -0.4 is 16.4 Å². The highest BCUT2D eigenvalue weighted by molar-refractivity contribution is 6.04. The lowest BCUT2D eigenvalue weighted by Crippen LogP contribution is -2.68. The molecule has 1 atom stereocenters. The van der Waals surface area contributed by atoms with Crippen LogP contribution in [0, 0.1) is 6.08 Å². The van der Waals surface area contributed by atoms with Gasteiger partial charge < -0.3 is 15.6 Å². The number of aromatic amines is 1. The van der Waals surface area contributed by atoms with E-state index in [1.54, 1.807) is 0 Å². The minimum Gasteiger partial charge on any atom is -0.327 e. The van der Waals surface area contributed by atoms with Crippen LogP contribution in [0.3, 0.4) is 0 Å². The van der Waals surface area contributed by atoms with Crippen LogP contribution in [-0.2, 0) is 4.79 Å². The summed E-state index contributed by atoms with van der Waals surface area (Å²) in [6.07, 6.45) is -0.921. The number of carbonyl (C=O) groups is 2. The minimum atomic E-state index is -1.73. The van der Waals surface area contributed by atoms with Crippen molar-refractivity contribution >= 4 is 17.5 Å². The zero-order valence-electron chi connectivity index (χ0n) is 7.72. The van der Waals surface area contributed by atoms with E-state index in [1.807, 2.05) is 0 Å². The van der Waals surface area contributed by atoms with Crippen LogP contribution in [0.15, 0.2) is 0 Å². The molecule has 0 fully saturated rings. The van der Waals surface area contributed by atoms with Crippen molar-refractivity contribution in [2.24, 2.45) is 5.73 Å². The fourth-order valence-corrected chi connectivity index (χ4v) is 1.23. The van der Waals surface area contributed by atoms with Crippen molar-refractivity contribution in [3.63, 3.8) is 0 Å². The van der Waals surface area contributed by atoms with E-state index in [1.165, 1.54) is 6.92 Å². The van der Waals surface area contributed by atoms with Crippen LogP contribution in [0.4, 0.5) is 10.2 Å². The van der Waals surface area contributed by atoms with E-state index in [0.29, 0.717) is 0 Å². The van der Waals surface area contributed by atoms with Gasteiger partial charge in [-0.1, -0.05) is 0 Å². The van der Waals surface area contributed by atoms with Gasteiger partial charge in [-0.3, -0.25) is 15.3 Å². The lowest BCUT2D eigenvalue weighted by molar-refractivity contribution is -0.121. The molecule has 0 aromatic carbocycles. The number of carbonyl (C=O) groups excluding carboxylic acids is 2. The summed E-state index contributed by atoms with van der Waals surface area (Å²) in [6.45, 7) is 1.20. The SMILES string of the molecule is CC(=O)C1(N)NC(=O)c2[nH]c(F)nc2N1. The molecule has 1 aromatic heterocycles. The van der Waals surface area contributed by atoms with Crippen molar-refractivity contribution in [1.29, 1.82) is 0 Å². The lowest BCUT2D eigenvalue weighted by atomic mass is 10.2. The van der Waals surface area contributed by atoms with Gasteiger partial charge in [0, 0.05) is 6.92 Å². The third kappa shape index (κ3) is 1.34. The summed E-state index contributed by atoms with van der Waals surface area (Å²) in [5.41, 5.74) is 5.46. The Labute approximate surface area is 83.2 Å². The summed E-state index contributed by atoms with van der Waals surface area (Å²) in [6, 6.07) is 0. The van der Waals surface area contributed by atoms with E-state index in [0.717, 1.165) is 0 Å². The molecule has 8 heteroatoms. The number of fused-ring (bicyclic) bond motifs is 1. The number of H-pyrrole nitrogens is 1. The van der Waals surface area contributed by atoms with Crippen molar-refractivity contribution < 1.29 is 14.0 Å². The van der Waals surface area contributed by atoms with Gasteiger partial charge in [0.25, 0.3) is 12.0 Å². The van der Waals surface area contributed by atoms with Gasteiger partial charge in [0.05, 0.1) is 0 Å². The molecule has 1 unspecified atom stereocenters. The van der Waals surface area contributed by atoms with E-state index in [2.05, 4.69) is 20.6 Å². The smallest absolute Gasteiger partial charge is 0.289 e. The van der Waals surface area contributed by atoms with Crippen LogP contribution in [0.25, 0.3) is 0 Å². The first-order valence-electron chi connectivity index (χ1n) is 4.08. The Morgan fingerprint density at radius 2 is 2.20 bits per heavy atom. The average Bonchev–Trinajstić information content (AvgIpc) is 2.45. The van der Waals surface area contributed by atoms with E-state index in [4.69, 9.17) is 5.73 Å². The topological polar surface area (TPSA) is 113 Å². The van der Waals surface area contributed by atoms with Gasteiger partial charge in [-0.15, -0.1) is 0 Å². The van der Waals surface area contributed by atoms with Gasteiger partial charge >= 0.3 is 0 Å². The number of rotatable bonds is 1. The van der Waals surface area contributed by atoms with Gasteiger partial charge in [-0.05, 0) is 0 Å². The van der Waals surface area contributed by atoms with E-state index >= 15 is 0 Å². The van der Waals surface area contributed by atoms with Crippen LogP contribution in [0.5, 0.6) is 0 Å². The van der Waals surface area contributed by atoms with Crippen LogP contribution in [0.2, 0.25) is 0 Å². The number of imidazole rings is 1. The highest BCUT2D eigenvalue weighted by atomic mass is 19.1. The highest BCUT2D eigenvalue weighted by Crippen LogP contribution is 2.19. The van der Waals surface area contributed by atoms with Crippen molar-refractivity contribution in [3.8, 4) is 0 Å². The summed E-state index contributed by atoms with van der Waals surface area (Å²) in [4.78, 5) is 28.0. The first-order chi connectivity index (χ1) is 6.92. The number of anilines is 1. The minimum absolute atomic E-state index is 0.0750. The summed E-state index contributed by atoms with van der Waals surface area (Å²) in [5.74, 6) is -3.00. The first kappa shape index (κ1) is 9.59. The molecule has 1 aromatic rings. The van der Waals surface area contributed by atoms with Crippen molar-refractivity contribution in [3.05, 3.63) is 11.8 Å². The summed E-state index contributed by atoms with van der Waals surface area (Å²) in [5, 5.41) is 4.64. The third-order valence-electron chi connectivity index (χ3n) is 2.08. The number of nitrogens with one attached hydrogen (secondary N) is 3. The molecular weight excluding hydrogens is 205 g/mol. The Hall–Kier alpha value is -1.96. The van der Waals surface area contributed by atoms with Gasteiger partial charge in [0.1, 0.15) is 0 Å². The van der Waals surface area contributed by atoms with Crippen molar-refractivity contribution in [2.75, 3.05) is 5.32 Å². The molecule has 0 radical (unpaired) electrons. The second kappa shape index (κ2) is 2.76. The fourth-order valence-electron chi connectivity index (χ4n) is 1.23. The number of ketones is 1. The zero-order valence-corrected chi connectivity index (χ0v) is 7.72. The number of hydrogen-bond acceptors (Lipinski definition) is 5. The molecule has 5 N–H and O–H groups in total. The number of Topliss-reactive ketones (excluding diaryl/α,β-unsaturated/α-hetero) is 1. The van der Waals surface area contributed by atoms with Gasteiger partial charge in [-0.25, -0.2) is 0 Å². The van der Waals surface area contributed by atoms with Gasteiger partial charge in [0.15, 0.2) is 17.3 Å². The first-order valence-corrected chi connectivity index (χ1v) is 4.08. The maximum Gasteiger partial charge on any atom is 0.289 e. The van der Waals surface area contributed by atoms with Crippen molar-refractivity contribution in [1.82, 2.24) is 15.3 Å².